The minimum absolute atomic E-state index is 0.277. The zero-order valence-corrected chi connectivity index (χ0v) is 10.9. The Bertz CT molecular complexity index is 514. The van der Waals surface area contributed by atoms with Crippen LogP contribution in [0.2, 0.25) is 0 Å². The zero-order chi connectivity index (χ0) is 14.5. The molecule has 0 saturated carbocycles. The van der Waals surface area contributed by atoms with Gasteiger partial charge in [0.25, 0.3) is 5.91 Å². The number of carbonyl (C=O) groups is 3. The van der Waals surface area contributed by atoms with Gasteiger partial charge < -0.3 is 20.1 Å². The second kappa shape index (κ2) is 6.18. The minimum atomic E-state index is -1.33. The molecular weight excluding hydrogens is 260 g/mol. The smallest absolute Gasteiger partial charge is 0.251 e. The topological polar surface area (TPSA) is 89.5 Å². The molecule has 1 fully saturated rings. The van der Waals surface area contributed by atoms with Crippen LogP contribution in [0.3, 0.4) is 0 Å². The van der Waals surface area contributed by atoms with Crippen LogP contribution in [-0.4, -0.2) is 37.3 Å². The van der Waals surface area contributed by atoms with Gasteiger partial charge in [-0.25, -0.2) is 0 Å². The summed E-state index contributed by atoms with van der Waals surface area (Å²) >= 11 is 0. The first-order valence-corrected chi connectivity index (χ1v) is 6.41. The Labute approximate surface area is 116 Å². The fourth-order valence-electron chi connectivity index (χ4n) is 2.09. The van der Waals surface area contributed by atoms with Crippen LogP contribution in [0.15, 0.2) is 24.3 Å². The number of aliphatic carboxylic acids is 1. The monoisotopic (exact) mass is 275 g/mol. The van der Waals surface area contributed by atoms with E-state index in [1.807, 2.05) is 0 Å². The van der Waals surface area contributed by atoms with Gasteiger partial charge in [-0.3, -0.25) is 9.59 Å². The molecule has 1 amide bonds. The normalized spacial score (nSPS) is 15.0. The first-order chi connectivity index (χ1) is 9.56. The number of carbonyl (C=O) groups excluding carboxylic acids is 3. The molecule has 106 valence electrons. The highest BCUT2D eigenvalue weighted by atomic mass is 16.4. The Morgan fingerprint density at radius 1 is 1.15 bits per heavy atom. The van der Waals surface area contributed by atoms with Crippen LogP contribution in [0.4, 0.5) is 5.69 Å². The molecule has 1 aromatic rings. The number of nitrogens with zero attached hydrogens (tertiary/aromatic N) is 1. The van der Waals surface area contributed by atoms with Gasteiger partial charge in [0.15, 0.2) is 0 Å². The highest BCUT2D eigenvalue weighted by molar-refractivity contribution is 5.96. The van der Waals surface area contributed by atoms with Crippen LogP contribution in [0.5, 0.6) is 0 Å². The van der Waals surface area contributed by atoms with Gasteiger partial charge in [-0.05, 0) is 24.3 Å². The van der Waals surface area contributed by atoms with Crippen molar-refractivity contribution < 1.29 is 19.5 Å². The number of rotatable bonds is 4. The van der Waals surface area contributed by atoms with Crippen LogP contribution in [-0.2, 0) is 9.59 Å². The molecule has 0 atom stereocenters. The number of carboxylic acids is 1. The number of hydrogen-bond donors (Lipinski definition) is 1. The van der Waals surface area contributed by atoms with Crippen LogP contribution < -0.4 is 15.3 Å². The second-order valence-corrected chi connectivity index (χ2v) is 4.63. The summed E-state index contributed by atoms with van der Waals surface area (Å²) in [5.41, 5.74) is 1.34. The van der Waals surface area contributed by atoms with E-state index in [-0.39, 0.29) is 5.78 Å². The van der Waals surface area contributed by atoms with Crippen LogP contribution in [0.1, 0.15) is 23.2 Å². The summed E-state index contributed by atoms with van der Waals surface area (Å²) in [6.45, 7) is 0.874. The van der Waals surface area contributed by atoms with Gasteiger partial charge in [-0.2, -0.15) is 0 Å². The predicted molar refractivity (Wildman–Crippen MR) is 70.2 cm³/mol. The number of hydrogen-bond acceptors (Lipinski definition) is 5. The first kappa shape index (κ1) is 14.0. The SMILES string of the molecule is O=C([O-])CNC(=O)c1ccc(N2CCC(=O)CC2)cc1. The van der Waals surface area contributed by atoms with E-state index in [9.17, 15) is 19.5 Å². The average Bonchev–Trinajstić information content (AvgIpc) is 2.46. The zero-order valence-electron chi connectivity index (χ0n) is 10.9. The Morgan fingerprint density at radius 3 is 2.30 bits per heavy atom. The molecule has 0 aromatic heterocycles. The molecule has 1 N–H and O–H groups in total. The lowest BCUT2D eigenvalue weighted by molar-refractivity contribution is -0.303. The lowest BCUT2D eigenvalue weighted by Crippen LogP contribution is -2.37. The molecule has 0 bridgehead atoms. The maximum atomic E-state index is 11.6. The number of nitrogens with one attached hydrogen (secondary N) is 1. The van der Waals surface area contributed by atoms with Crippen LogP contribution in [0.25, 0.3) is 0 Å². The standard InChI is InChI=1S/C14H16N2O4/c17-12-5-7-16(8-6-12)11-3-1-10(2-4-11)14(20)15-9-13(18)19/h1-4H,5-9H2,(H,15,20)(H,18,19)/p-1. The lowest BCUT2D eigenvalue weighted by Gasteiger charge is -2.28. The number of benzene rings is 1. The van der Waals surface area contributed by atoms with E-state index in [0.717, 1.165) is 5.69 Å². The summed E-state index contributed by atoms with van der Waals surface area (Å²) in [5, 5.41) is 12.5. The van der Waals surface area contributed by atoms with Gasteiger partial charge in [0, 0.05) is 37.2 Å². The summed E-state index contributed by atoms with van der Waals surface area (Å²) in [6, 6.07) is 6.86. The average molecular weight is 275 g/mol. The number of amides is 1. The second-order valence-electron chi connectivity index (χ2n) is 4.63. The largest absolute Gasteiger partial charge is 0.548 e. The molecule has 0 radical (unpaired) electrons. The van der Waals surface area contributed by atoms with Crippen LogP contribution in [0, 0.1) is 0 Å². The molecule has 2 rings (SSSR count). The Hall–Kier alpha value is -2.37. The Kier molecular flexibility index (Phi) is 4.34. The Balaban J connectivity index is 1.97. The van der Waals surface area contributed by atoms with Gasteiger partial charge >= 0.3 is 0 Å². The molecule has 1 aliphatic rings. The lowest BCUT2D eigenvalue weighted by atomic mass is 10.1. The highest BCUT2D eigenvalue weighted by Gasteiger charge is 2.16. The van der Waals surface area contributed by atoms with Crippen LogP contribution >= 0.6 is 0 Å². The van der Waals surface area contributed by atoms with Crippen molar-refractivity contribution in [2.75, 3.05) is 24.5 Å². The number of anilines is 1. The third kappa shape index (κ3) is 3.57. The predicted octanol–water partition coefficient (Wildman–Crippen LogP) is -0.664. The van der Waals surface area contributed by atoms with Crippen molar-refractivity contribution in [2.45, 2.75) is 12.8 Å². The van der Waals surface area contributed by atoms with E-state index in [0.29, 0.717) is 31.5 Å². The molecule has 0 unspecified atom stereocenters. The van der Waals surface area contributed by atoms with Gasteiger partial charge in [0.1, 0.15) is 5.78 Å². The van der Waals surface area contributed by atoms with E-state index < -0.39 is 18.4 Å². The molecule has 1 aromatic carbocycles. The van der Waals surface area contributed by atoms with E-state index in [1.165, 1.54) is 0 Å². The van der Waals surface area contributed by atoms with Crippen molar-refractivity contribution in [3.63, 3.8) is 0 Å². The molecule has 6 heteroatoms. The van der Waals surface area contributed by atoms with Crippen molar-refractivity contribution in [3.05, 3.63) is 29.8 Å². The summed E-state index contributed by atoms with van der Waals surface area (Å²) in [6.07, 6.45) is 1.10. The van der Waals surface area contributed by atoms with Gasteiger partial charge in [0.05, 0.1) is 12.5 Å². The maximum absolute atomic E-state index is 11.6. The van der Waals surface area contributed by atoms with Gasteiger partial charge in [-0.1, -0.05) is 0 Å². The fourth-order valence-corrected chi connectivity index (χ4v) is 2.09. The molecule has 1 saturated heterocycles. The quantitative estimate of drug-likeness (QED) is 0.787. The van der Waals surface area contributed by atoms with E-state index in [1.54, 1.807) is 24.3 Å². The van der Waals surface area contributed by atoms with E-state index >= 15 is 0 Å². The molecule has 0 spiro atoms. The molecule has 6 nitrogen and oxygen atoms in total. The molecule has 20 heavy (non-hydrogen) atoms. The number of Topliss-reactive ketones (excluding diaryl/α,β-unsaturated/α-hetero) is 1. The number of ketones is 1. The summed E-state index contributed by atoms with van der Waals surface area (Å²) in [4.78, 5) is 35.1. The van der Waals surface area contributed by atoms with Crippen molar-refractivity contribution in [2.24, 2.45) is 0 Å². The third-order valence-electron chi connectivity index (χ3n) is 3.21. The first-order valence-electron chi connectivity index (χ1n) is 6.41. The Morgan fingerprint density at radius 2 is 1.75 bits per heavy atom. The van der Waals surface area contributed by atoms with Gasteiger partial charge in [-0.15, -0.1) is 0 Å². The molecule has 0 aliphatic carbocycles. The van der Waals surface area contributed by atoms with E-state index in [2.05, 4.69) is 10.2 Å². The molecule has 1 heterocycles. The third-order valence-corrected chi connectivity index (χ3v) is 3.21. The summed E-state index contributed by atoms with van der Waals surface area (Å²) in [7, 11) is 0. The summed E-state index contributed by atoms with van der Waals surface area (Å²) < 4.78 is 0. The van der Waals surface area contributed by atoms with Gasteiger partial charge in [0.2, 0.25) is 0 Å². The van der Waals surface area contributed by atoms with Crippen molar-refractivity contribution in [3.8, 4) is 0 Å². The number of carboxylic acid groups (broad SMARTS) is 1. The fraction of sp³-hybridized carbons (Fsp3) is 0.357. The van der Waals surface area contributed by atoms with Crippen molar-refractivity contribution >= 4 is 23.3 Å². The maximum Gasteiger partial charge on any atom is 0.251 e. The van der Waals surface area contributed by atoms with Crippen molar-refractivity contribution in [1.29, 1.82) is 0 Å². The highest BCUT2D eigenvalue weighted by Crippen LogP contribution is 2.19. The minimum Gasteiger partial charge on any atom is -0.548 e. The summed E-state index contributed by atoms with van der Waals surface area (Å²) in [5.74, 6) is -1.50. The molecular formula is C14H15N2O4-. The van der Waals surface area contributed by atoms with Crippen molar-refractivity contribution in [1.82, 2.24) is 5.32 Å². The molecule has 1 aliphatic heterocycles. The number of piperidine rings is 1. The van der Waals surface area contributed by atoms with E-state index in [4.69, 9.17) is 0 Å².